The SMILES string of the molecule is CCCCc1ccc(N2CC(C(=O)NCCC(=O)N3CCCCC3)CC2=O)cc1. The molecule has 2 aliphatic rings. The Morgan fingerprint density at radius 3 is 2.52 bits per heavy atom. The number of hydrogen-bond donors (Lipinski definition) is 1. The molecule has 1 aromatic carbocycles. The van der Waals surface area contributed by atoms with Crippen molar-refractivity contribution in [3.8, 4) is 0 Å². The lowest BCUT2D eigenvalue weighted by molar-refractivity contribution is -0.132. The van der Waals surface area contributed by atoms with E-state index in [2.05, 4.69) is 24.4 Å². The van der Waals surface area contributed by atoms with Gasteiger partial charge in [0.2, 0.25) is 17.7 Å². The molecule has 1 N–H and O–H groups in total. The van der Waals surface area contributed by atoms with Crippen LogP contribution in [-0.4, -0.2) is 48.8 Å². The van der Waals surface area contributed by atoms with Gasteiger partial charge in [0.1, 0.15) is 0 Å². The molecule has 2 heterocycles. The Hall–Kier alpha value is -2.37. The maximum Gasteiger partial charge on any atom is 0.227 e. The van der Waals surface area contributed by atoms with Crippen molar-refractivity contribution in [3.63, 3.8) is 0 Å². The second kappa shape index (κ2) is 10.4. The fourth-order valence-corrected chi connectivity index (χ4v) is 4.09. The molecule has 1 aromatic rings. The van der Waals surface area contributed by atoms with Gasteiger partial charge in [-0.3, -0.25) is 14.4 Å². The molecular formula is C23H33N3O3. The van der Waals surface area contributed by atoms with Crippen LogP contribution in [0.15, 0.2) is 24.3 Å². The van der Waals surface area contributed by atoms with Crippen LogP contribution in [0.5, 0.6) is 0 Å². The van der Waals surface area contributed by atoms with Crippen molar-refractivity contribution in [2.24, 2.45) is 5.92 Å². The maximum atomic E-state index is 12.5. The van der Waals surface area contributed by atoms with Crippen molar-refractivity contribution in [1.82, 2.24) is 10.2 Å². The van der Waals surface area contributed by atoms with Crippen LogP contribution < -0.4 is 10.2 Å². The first-order valence-corrected chi connectivity index (χ1v) is 11.0. The maximum absolute atomic E-state index is 12.5. The van der Waals surface area contributed by atoms with E-state index in [0.717, 1.165) is 50.9 Å². The first-order valence-electron chi connectivity index (χ1n) is 11.0. The summed E-state index contributed by atoms with van der Waals surface area (Å²) in [6.45, 7) is 4.57. The lowest BCUT2D eigenvalue weighted by Gasteiger charge is -2.26. The smallest absolute Gasteiger partial charge is 0.227 e. The van der Waals surface area contributed by atoms with E-state index in [-0.39, 0.29) is 30.1 Å². The van der Waals surface area contributed by atoms with E-state index in [1.54, 1.807) is 4.90 Å². The molecular weight excluding hydrogens is 366 g/mol. The number of carbonyl (C=O) groups is 3. The van der Waals surface area contributed by atoms with Crippen molar-refractivity contribution < 1.29 is 14.4 Å². The zero-order chi connectivity index (χ0) is 20.6. The van der Waals surface area contributed by atoms with Gasteiger partial charge >= 0.3 is 0 Å². The van der Waals surface area contributed by atoms with E-state index in [9.17, 15) is 14.4 Å². The Morgan fingerprint density at radius 2 is 1.83 bits per heavy atom. The molecule has 0 aromatic heterocycles. The van der Waals surface area contributed by atoms with Crippen LogP contribution in [0.4, 0.5) is 5.69 Å². The summed E-state index contributed by atoms with van der Waals surface area (Å²) >= 11 is 0. The molecule has 3 rings (SSSR count). The number of aryl methyl sites for hydroxylation is 1. The predicted octanol–water partition coefficient (Wildman–Crippen LogP) is 2.90. The molecule has 0 saturated carbocycles. The first kappa shape index (κ1) is 21.3. The van der Waals surface area contributed by atoms with Crippen molar-refractivity contribution in [2.45, 2.75) is 58.3 Å². The fraction of sp³-hybridized carbons (Fsp3) is 0.609. The van der Waals surface area contributed by atoms with Gasteiger partial charge in [-0.15, -0.1) is 0 Å². The molecule has 1 atom stereocenters. The molecule has 158 valence electrons. The zero-order valence-electron chi connectivity index (χ0n) is 17.5. The van der Waals surface area contributed by atoms with E-state index in [4.69, 9.17) is 0 Å². The van der Waals surface area contributed by atoms with Crippen molar-refractivity contribution in [2.75, 3.05) is 31.1 Å². The second-order valence-corrected chi connectivity index (χ2v) is 8.16. The third-order valence-electron chi connectivity index (χ3n) is 5.91. The molecule has 0 spiro atoms. The highest BCUT2D eigenvalue weighted by Gasteiger charge is 2.35. The van der Waals surface area contributed by atoms with Crippen LogP contribution in [0.1, 0.15) is 57.4 Å². The third-order valence-corrected chi connectivity index (χ3v) is 5.91. The molecule has 0 radical (unpaired) electrons. The Labute approximate surface area is 173 Å². The largest absolute Gasteiger partial charge is 0.355 e. The number of rotatable bonds is 8. The lowest BCUT2D eigenvalue weighted by atomic mass is 10.1. The van der Waals surface area contributed by atoms with E-state index in [1.807, 2.05) is 17.0 Å². The summed E-state index contributed by atoms with van der Waals surface area (Å²) in [5, 5.41) is 2.85. The summed E-state index contributed by atoms with van der Waals surface area (Å²) < 4.78 is 0. The number of anilines is 1. The number of carbonyl (C=O) groups excluding carboxylic acids is 3. The summed E-state index contributed by atoms with van der Waals surface area (Å²) in [5.41, 5.74) is 2.13. The van der Waals surface area contributed by atoms with Crippen molar-refractivity contribution in [3.05, 3.63) is 29.8 Å². The van der Waals surface area contributed by atoms with E-state index < -0.39 is 0 Å². The zero-order valence-corrected chi connectivity index (χ0v) is 17.5. The number of amides is 3. The van der Waals surface area contributed by atoms with Crippen LogP contribution in [-0.2, 0) is 20.8 Å². The molecule has 29 heavy (non-hydrogen) atoms. The normalized spacial score (nSPS) is 19.5. The van der Waals surface area contributed by atoms with Gasteiger partial charge in [0.05, 0.1) is 5.92 Å². The summed E-state index contributed by atoms with van der Waals surface area (Å²) in [7, 11) is 0. The van der Waals surface area contributed by atoms with Gasteiger partial charge in [-0.25, -0.2) is 0 Å². The molecule has 2 aliphatic heterocycles. The molecule has 0 aliphatic carbocycles. The van der Waals surface area contributed by atoms with Crippen LogP contribution in [0.2, 0.25) is 0 Å². The van der Waals surface area contributed by atoms with Gasteiger partial charge in [-0.05, 0) is 49.8 Å². The number of benzene rings is 1. The minimum atomic E-state index is -0.354. The minimum Gasteiger partial charge on any atom is -0.355 e. The Balaban J connectivity index is 1.45. The topological polar surface area (TPSA) is 69.7 Å². The minimum absolute atomic E-state index is 0.0177. The summed E-state index contributed by atoms with van der Waals surface area (Å²) in [6, 6.07) is 8.08. The monoisotopic (exact) mass is 399 g/mol. The Bertz CT molecular complexity index is 711. The highest BCUT2D eigenvalue weighted by molar-refractivity contribution is 6.00. The molecule has 6 nitrogen and oxygen atoms in total. The second-order valence-electron chi connectivity index (χ2n) is 8.16. The molecule has 1 unspecified atom stereocenters. The number of nitrogens with zero attached hydrogens (tertiary/aromatic N) is 2. The molecule has 2 saturated heterocycles. The predicted molar refractivity (Wildman–Crippen MR) is 114 cm³/mol. The Morgan fingerprint density at radius 1 is 1.10 bits per heavy atom. The lowest BCUT2D eigenvalue weighted by Crippen LogP contribution is -2.39. The highest BCUT2D eigenvalue weighted by Crippen LogP contribution is 2.26. The summed E-state index contributed by atoms with van der Waals surface area (Å²) in [6.07, 6.45) is 7.24. The third kappa shape index (κ3) is 5.81. The van der Waals surface area contributed by atoms with Gasteiger partial charge in [0.25, 0.3) is 0 Å². The van der Waals surface area contributed by atoms with E-state index >= 15 is 0 Å². The van der Waals surface area contributed by atoms with E-state index in [0.29, 0.717) is 19.5 Å². The molecule has 2 fully saturated rings. The van der Waals surface area contributed by atoms with Crippen LogP contribution in [0.3, 0.4) is 0 Å². The standard InChI is InChI=1S/C23H33N3O3/c1-2-3-7-18-8-10-20(11-9-18)26-17-19(16-22(26)28)23(29)24-13-12-21(27)25-14-5-4-6-15-25/h8-11,19H,2-7,12-17H2,1H3,(H,24,29). The number of unbranched alkanes of at least 4 members (excludes halogenated alkanes) is 1. The van der Waals surface area contributed by atoms with Gasteiger partial charge in [-0.1, -0.05) is 25.5 Å². The van der Waals surface area contributed by atoms with Crippen LogP contribution in [0.25, 0.3) is 0 Å². The van der Waals surface area contributed by atoms with Crippen LogP contribution >= 0.6 is 0 Å². The highest BCUT2D eigenvalue weighted by atomic mass is 16.2. The average molecular weight is 400 g/mol. The quantitative estimate of drug-likeness (QED) is 0.731. The number of piperidine rings is 1. The molecule has 3 amide bonds. The summed E-state index contributed by atoms with van der Waals surface area (Å²) in [5.74, 6) is -0.396. The molecule has 6 heteroatoms. The Kier molecular flexibility index (Phi) is 7.67. The van der Waals surface area contributed by atoms with E-state index in [1.165, 1.54) is 12.0 Å². The van der Waals surface area contributed by atoms with Crippen LogP contribution in [0, 0.1) is 5.92 Å². The van der Waals surface area contributed by atoms with Gasteiger partial charge in [0, 0.05) is 44.7 Å². The average Bonchev–Trinajstić information content (AvgIpc) is 3.15. The van der Waals surface area contributed by atoms with Gasteiger partial charge in [-0.2, -0.15) is 0 Å². The number of hydrogen-bond acceptors (Lipinski definition) is 3. The number of likely N-dealkylation sites (tertiary alicyclic amines) is 1. The number of nitrogens with one attached hydrogen (secondary N) is 1. The fourth-order valence-electron chi connectivity index (χ4n) is 4.09. The first-order chi connectivity index (χ1) is 14.1. The van der Waals surface area contributed by atoms with Crippen molar-refractivity contribution in [1.29, 1.82) is 0 Å². The molecule has 0 bridgehead atoms. The van der Waals surface area contributed by atoms with Gasteiger partial charge in [0.15, 0.2) is 0 Å². The summed E-state index contributed by atoms with van der Waals surface area (Å²) in [4.78, 5) is 40.7. The van der Waals surface area contributed by atoms with Crippen molar-refractivity contribution >= 4 is 23.4 Å². The van der Waals surface area contributed by atoms with Gasteiger partial charge < -0.3 is 15.1 Å².